The van der Waals surface area contributed by atoms with Crippen LogP contribution in [0.25, 0.3) is 0 Å². The Bertz CT molecular complexity index is 754. The molecule has 6 nitrogen and oxygen atoms in total. The van der Waals surface area contributed by atoms with Gasteiger partial charge in [0.2, 0.25) is 5.91 Å². The minimum Gasteiger partial charge on any atom is -0.397 e. The summed E-state index contributed by atoms with van der Waals surface area (Å²) >= 11 is 0. The van der Waals surface area contributed by atoms with E-state index in [9.17, 15) is 18.0 Å². The van der Waals surface area contributed by atoms with E-state index in [1.54, 1.807) is 11.8 Å². The average molecular weight is 518 g/mol. The van der Waals surface area contributed by atoms with Crippen molar-refractivity contribution in [3.8, 4) is 0 Å². The first-order valence-corrected chi connectivity index (χ1v) is 13.4. The van der Waals surface area contributed by atoms with Crippen LogP contribution in [-0.4, -0.2) is 59.3 Å². The molecule has 2 N–H and O–H groups in total. The van der Waals surface area contributed by atoms with Gasteiger partial charge in [0.25, 0.3) is 0 Å². The quantitative estimate of drug-likeness (QED) is 0.509. The van der Waals surface area contributed by atoms with Crippen LogP contribution in [-0.2, 0) is 28.7 Å². The highest BCUT2D eigenvalue weighted by molar-refractivity contribution is 5.79. The molecule has 1 aromatic rings. The zero-order valence-electron chi connectivity index (χ0n) is 22.7. The van der Waals surface area contributed by atoms with Gasteiger partial charge in [-0.3, -0.25) is 9.78 Å². The number of nitrogens with one attached hydrogen (secondary N) is 1. The number of rotatable bonds is 7. The third-order valence-electron chi connectivity index (χ3n) is 6.21. The van der Waals surface area contributed by atoms with E-state index < -0.39 is 11.7 Å². The fourth-order valence-corrected chi connectivity index (χ4v) is 4.33. The van der Waals surface area contributed by atoms with Crippen LogP contribution in [0.4, 0.5) is 13.2 Å². The van der Waals surface area contributed by atoms with Crippen molar-refractivity contribution in [2.45, 2.75) is 104 Å². The minimum absolute atomic E-state index is 0.0406. The zero-order chi connectivity index (χ0) is 27.1. The first kappa shape index (κ1) is 32.3. The third-order valence-corrected chi connectivity index (χ3v) is 6.21. The van der Waals surface area contributed by atoms with Crippen LogP contribution in [0.2, 0.25) is 0 Å². The highest BCUT2D eigenvalue weighted by atomic mass is 19.4. The van der Waals surface area contributed by atoms with E-state index in [4.69, 9.17) is 9.84 Å². The van der Waals surface area contributed by atoms with Crippen molar-refractivity contribution in [3.63, 3.8) is 0 Å². The number of ether oxygens (including phenoxy) is 1. The maximum atomic E-state index is 13.1. The van der Waals surface area contributed by atoms with E-state index in [0.29, 0.717) is 36.3 Å². The van der Waals surface area contributed by atoms with Gasteiger partial charge in [-0.2, -0.15) is 13.2 Å². The molecule has 3 rings (SSSR count). The summed E-state index contributed by atoms with van der Waals surface area (Å²) in [5.74, 6) is -0.0666. The van der Waals surface area contributed by atoms with Crippen molar-refractivity contribution in [2.24, 2.45) is 5.92 Å². The van der Waals surface area contributed by atoms with E-state index in [1.807, 2.05) is 6.92 Å². The predicted molar refractivity (Wildman–Crippen MR) is 137 cm³/mol. The lowest BCUT2D eigenvalue weighted by molar-refractivity contribution is -0.138. The molecule has 1 unspecified atom stereocenters. The van der Waals surface area contributed by atoms with Crippen molar-refractivity contribution >= 4 is 5.91 Å². The molecule has 0 aliphatic carbocycles. The molecule has 1 fully saturated rings. The van der Waals surface area contributed by atoms with Crippen LogP contribution in [0, 0.1) is 5.92 Å². The third kappa shape index (κ3) is 11.1. The summed E-state index contributed by atoms with van der Waals surface area (Å²) in [6.45, 7) is 12.6. The Balaban J connectivity index is 0.000000982. The lowest BCUT2D eigenvalue weighted by atomic mass is 9.94. The molecule has 3 heterocycles. The summed E-state index contributed by atoms with van der Waals surface area (Å²) in [6, 6.07) is 1.93. The summed E-state index contributed by atoms with van der Waals surface area (Å²) in [5, 5.41) is 11.2. The van der Waals surface area contributed by atoms with Gasteiger partial charge in [-0.05, 0) is 57.6 Å². The molecule has 0 saturated carbocycles. The molecule has 1 aromatic heterocycles. The van der Waals surface area contributed by atoms with E-state index in [0.717, 1.165) is 57.6 Å². The Kier molecular flexibility index (Phi) is 15.2. The molecule has 208 valence electrons. The lowest BCUT2D eigenvalue weighted by Gasteiger charge is -2.32. The standard InChI is InChI=1S/C22H32F3N3O2.C3H8.C2H6O/c1-3-16(5-4-15(2)27-19-7-10-30-11-8-19)21(29)28-9-6-20-17(14-28)12-18(13-26-20)22(23,24)25;1-3-2;1-2-3/h12-13,15-16,19,27H,3-11,14H2,1-2H3;3H2,1-2H3;3H,2H2,1H3/t15?,16-;;/m1../s1. The van der Waals surface area contributed by atoms with E-state index in [-0.39, 0.29) is 25.0 Å². The Morgan fingerprint density at radius 2 is 1.83 bits per heavy atom. The van der Waals surface area contributed by atoms with E-state index >= 15 is 0 Å². The number of aromatic nitrogens is 1. The van der Waals surface area contributed by atoms with Crippen molar-refractivity contribution in [1.29, 1.82) is 0 Å². The summed E-state index contributed by atoms with van der Waals surface area (Å²) < 4.78 is 44.4. The number of hydrogen-bond acceptors (Lipinski definition) is 5. The van der Waals surface area contributed by atoms with Crippen LogP contribution >= 0.6 is 0 Å². The number of nitrogens with zero attached hydrogens (tertiary/aromatic N) is 2. The van der Waals surface area contributed by atoms with E-state index in [2.05, 4.69) is 31.1 Å². The first-order chi connectivity index (χ1) is 17.1. The number of fused-ring (bicyclic) bond motifs is 1. The molecule has 0 radical (unpaired) electrons. The second kappa shape index (κ2) is 16.9. The van der Waals surface area contributed by atoms with Gasteiger partial charge in [0, 0.05) is 69.2 Å². The maximum absolute atomic E-state index is 13.1. The monoisotopic (exact) mass is 517 g/mol. The lowest BCUT2D eigenvalue weighted by Crippen LogP contribution is -2.42. The molecule has 9 heteroatoms. The largest absolute Gasteiger partial charge is 0.417 e. The Morgan fingerprint density at radius 3 is 2.39 bits per heavy atom. The molecule has 2 atom stereocenters. The van der Waals surface area contributed by atoms with Crippen LogP contribution in [0.15, 0.2) is 12.3 Å². The van der Waals surface area contributed by atoms with Crippen LogP contribution in [0.3, 0.4) is 0 Å². The topological polar surface area (TPSA) is 74.7 Å². The molecular formula is C27H46F3N3O3. The highest BCUT2D eigenvalue weighted by Crippen LogP contribution is 2.31. The summed E-state index contributed by atoms with van der Waals surface area (Å²) in [6.07, 6.45) is 2.64. The van der Waals surface area contributed by atoms with Gasteiger partial charge in [0.05, 0.1) is 5.56 Å². The van der Waals surface area contributed by atoms with Crippen molar-refractivity contribution in [3.05, 3.63) is 29.1 Å². The molecule has 2 aliphatic heterocycles. The van der Waals surface area contributed by atoms with Crippen LogP contribution in [0.1, 0.15) is 90.0 Å². The van der Waals surface area contributed by atoms with Gasteiger partial charge < -0.3 is 20.1 Å². The number of aliphatic hydroxyl groups excluding tert-OH is 1. The number of carbonyl (C=O) groups excluding carboxylic acids is 1. The molecular weight excluding hydrogens is 471 g/mol. The molecule has 0 aromatic carbocycles. The molecule has 0 spiro atoms. The van der Waals surface area contributed by atoms with E-state index in [1.165, 1.54) is 6.42 Å². The number of hydrogen-bond donors (Lipinski definition) is 2. The van der Waals surface area contributed by atoms with Gasteiger partial charge in [-0.25, -0.2) is 0 Å². The Morgan fingerprint density at radius 1 is 1.22 bits per heavy atom. The van der Waals surface area contributed by atoms with Gasteiger partial charge >= 0.3 is 6.18 Å². The number of halogens is 3. The van der Waals surface area contributed by atoms with Crippen molar-refractivity contribution in [1.82, 2.24) is 15.2 Å². The maximum Gasteiger partial charge on any atom is 0.417 e. The fourth-order valence-electron chi connectivity index (χ4n) is 4.33. The van der Waals surface area contributed by atoms with Gasteiger partial charge in [-0.15, -0.1) is 0 Å². The number of pyridine rings is 1. The SMILES string of the molecule is CCC.CCO.CC[C@H](CCC(C)NC1CCOCC1)C(=O)N1CCc2ncc(C(F)(F)F)cc2C1. The predicted octanol–water partition coefficient (Wildman–Crippen LogP) is 5.36. The summed E-state index contributed by atoms with van der Waals surface area (Å²) in [5.41, 5.74) is 0.416. The van der Waals surface area contributed by atoms with Gasteiger partial charge in [0.15, 0.2) is 0 Å². The average Bonchev–Trinajstić information content (AvgIpc) is 2.84. The summed E-state index contributed by atoms with van der Waals surface area (Å²) in [7, 11) is 0. The molecule has 36 heavy (non-hydrogen) atoms. The molecule has 0 bridgehead atoms. The van der Waals surface area contributed by atoms with Crippen molar-refractivity contribution in [2.75, 3.05) is 26.4 Å². The Hall–Kier alpha value is -1.71. The molecule has 1 saturated heterocycles. The number of aliphatic hydroxyl groups is 1. The fraction of sp³-hybridized carbons (Fsp3) is 0.778. The van der Waals surface area contributed by atoms with Gasteiger partial charge in [-0.1, -0.05) is 27.2 Å². The smallest absolute Gasteiger partial charge is 0.397 e. The molecule has 1 amide bonds. The first-order valence-electron chi connectivity index (χ1n) is 13.4. The van der Waals surface area contributed by atoms with Crippen LogP contribution < -0.4 is 5.32 Å². The van der Waals surface area contributed by atoms with Crippen molar-refractivity contribution < 1.29 is 27.8 Å². The molecule has 2 aliphatic rings. The number of carbonyl (C=O) groups is 1. The second-order valence-corrected chi connectivity index (χ2v) is 9.50. The summed E-state index contributed by atoms with van der Waals surface area (Å²) in [4.78, 5) is 18.8. The second-order valence-electron chi connectivity index (χ2n) is 9.50. The normalized spacial score (nSPS) is 17.6. The Labute approximate surface area is 215 Å². The minimum atomic E-state index is -4.42. The number of alkyl halides is 3. The van der Waals surface area contributed by atoms with Gasteiger partial charge in [0.1, 0.15) is 0 Å². The number of amides is 1. The highest BCUT2D eigenvalue weighted by Gasteiger charge is 2.33. The zero-order valence-corrected chi connectivity index (χ0v) is 22.7. The van der Waals surface area contributed by atoms with Crippen LogP contribution in [0.5, 0.6) is 0 Å².